The van der Waals surface area contributed by atoms with Gasteiger partial charge in [0.25, 0.3) is 0 Å². The van der Waals surface area contributed by atoms with Gasteiger partial charge in [-0.3, -0.25) is 9.59 Å². The third kappa shape index (κ3) is 4.42. The van der Waals surface area contributed by atoms with Crippen molar-refractivity contribution in [1.82, 2.24) is 5.32 Å². The predicted molar refractivity (Wildman–Crippen MR) is 60.3 cm³/mol. The van der Waals surface area contributed by atoms with Gasteiger partial charge in [0.1, 0.15) is 0 Å². The van der Waals surface area contributed by atoms with Crippen LogP contribution >= 0.6 is 0 Å². The Bertz CT molecular complexity index is 241. The van der Waals surface area contributed by atoms with Crippen LogP contribution in [0.25, 0.3) is 0 Å². The topological polar surface area (TPSA) is 72.2 Å². The summed E-state index contributed by atoms with van der Waals surface area (Å²) in [4.78, 5) is 23.2. The fourth-order valence-corrected chi connectivity index (χ4v) is 1.17. The molecule has 3 N–H and O–H groups in total. The lowest BCUT2D eigenvalue weighted by Crippen LogP contribution is -2.55. The zero-order chi connectivity index (χ0) is 12.2. The van der Waals surface area contributed by atoms with Crippen LogP contribution in [0.3, 0.4) is 0 Å². The van der Waals surface area contributed by atoms with Crippen molar-refractivity contribution in [2.24, 2.45) is 11.7 Å². The molecule has 1 unspecified atom stereocenters. The highest BCUT2D eigenvalue weighted by Crippen LogP contribution is 2.07. The second-order valence-corrected chi connectivity index (χ2v) is 4.74. The highest BCUT2D eigenvalue weighted by molar-refractivity contribution is 5.92. The molecule has 0 spiro atoms. The van der Waals surface area contributed by atoms with Gasteiger partial charge in [0.05, 0.1) is 11.6 Å². The van der Waals surface area contributed by atoms with E-state index in [9.17, 15) is 9.59 Å². The maximum Gasteiger partial charge on any atom is 0.240 e. The van der Waals surface area contributed by atoms with Gasteiger partial charge in [0, 0.05) is 6.42 Å². The summed E-state index contributed by atoms with van der Waals surface area (Å²) in [6.45, 7) is 8.84. The van der Waals surface area contributed by atoms with Crippen LogP contribution in [-0.2, 0) is 9.59 Å². The Morgan fingerprint density at radius 1 is 1.33 bits per heavy atom. The molecule has 0 radical (unpaired) electrons. The SMILES string of the molecule is CCC(=O)C(NC(=O)C(C)(C)N)C(C)C. The summed E-state index contributed by atoms with van der Waals surface area (Å²) in [5.41, 5.74) is 4.70. The molecular formula is C11H22N2O2. The van der Waals surface area contributed by atoms with Gasteiger partial charge in [0.15, 0.2) is 5.78 Å². The molecule has 0 aliphatic rings. The Morgan fingerprint density at radius 2 is 1.80 bits per heavy atom. The Morgan fingerprint density at radius 3 is 2.07 bits per heavy atom. The van der Waals surface area contributed by atoms with Crippen LogP contribution in [0.5, 0.6) is 0 Å². The lowest BCUT2D eigenvalue weighted by atomic mass is 9.96. The van der Waals surface area contributed by atoms with Gasteiger partial charge >= 0.3 is 0 Å². The second-order valence-electron chi connectivity index (χ2n) is 4.74. The van der Waals surface area contributed by atoms with Crippen LogP contribution in [0.2, 0.25) is 0 Å². The van der Waals surface area contributed by atoms with Crippen molar-refractivity contribution in [2.45, 2.75) is 52.6 Å². The largest absolute Gasteiger partial charge is 0.344 e. The predicted octanol–water partition coefficient (Wildman–Crippen LogP) is 0.844. The summed E-state index contributed by atoms with van der Waals surface area (Å²) in [7, 11) is 0. The Balaban J connectivity index is 4.57. The van der Waals surface area contributed by atoms with Crippen LogP contribution in [-0.4, -0.2) is 23.3 Å². The van der Waals surface area contributed by atoms with Crippen molar-refractivity contribution in [3.63, 3.8) is 0 Å². The lowest BCUT2D eigenvalue weighted by Gasteiger charge is -2.25. The average molecular weight is 214 g/mol. The Hall–Kier alpha value is -0.900. The van der Waals surface area contributed by atoms with E-state index in [-0.39, 0.29) is 17.6 Å². The zero-order valence-corrected chi connectivity index (χ0v) is 10.3. The summed E-state index contributed by atoms with van der Waals surface area (Å²) in [5.74, 6) is -0.158. The third-order valence-corrected chi connectivity index (χ3v) is 2.23. The summed E-state index contributed by atoms with van der Waals surface area (Å²) in [6.07, 6.45) is 0.425. The van der Waals surface area contributed by atoms with E-state index in [0.29, 0.717) is 6.42 Å². The fraction of sp³-hybridized carbons (Fsp3) is 0.818. The van der Waals surface area contributed by atoms with Crippen molar-refractivity contribution in [2.75, 3.05) is 0 Å². The number of ketones is 1. The first-order valence-corrected chi connectivity index (χ1v) is 5.32. The molecule has 0 aromatic carbocycles. The number of hydrogen-bond acceptors (Lipinski definition) is 3. The highest BCUT2D eigenvalue weighted by atomic mass is 16.2. The van der Waals surface area contributed by atoms with Crippen LogP contribution < -0.4 is 11.1 Å². The summed E-state index contributed by atoms with van der Waals surface area (Å²) < 4.78 is 0. The zero-order valence-electron chi connectivity index (χ0n) is 10.3. The highest BCUT2D eigenvalue weighted by Gasteiger charge is 2.28. The number of hydrogen-bond donors (Lipinski definition) is 2. The number of nitrogens with one attached hydrogen (secondary N) is 1. The first-order chi connectivity index (χ1) is 6.70. The molecule has 0 rings (SSSR count). The van der Waals surface area contributed by atoms with Crippen LogP contribution in [0, 0.1) is 5.92 Å². The van der Waals surface area contributed by atoms with E-state index in [0.717, 1.165) is 0 Å². The van der Waals surface area contributed by atoms with E-state index in [4.69, 9.17) is 5.73 Å². The smallest absolute Gasteiger partial charge is 0.240 e. The standard InChI is InChI=1S/C11H22N2O2/c1-6-8(14)9(7(2)3)13-10(15)11(4,5)12/h7,9H,6,12H2,1-5H3,(H,13,15). The van der Waals surface area contributed by atoms with E-state index in [1.165, 1.54) is 0 Å². The molecule has 0 aliphatic carbocycles. The van der Waals surface area contributed by atoms with E-state index in [1.807, 2.05) is 13.8 Å². The maximum atomic E-state index is 11.6. The van der Waals surface area contributed by atoms with Crippen molar-refractivity contribution < 1.29 is 9.59 Å². The van der Waals surface area contributed by atoms with Gasteiger partial charge in [-0.2, -0.15) is 0 Å². The monoisotopic (exact) mass is 214 g/mol. The molecule has 1 atom stereocenters. The van der Waals surface area contributed by atoms with Gasteiger partial charge in [-0.05, 0) is 19.8 Å². The van der Waals surface area contributed by atoms with Gasteiger partial charge in [-0.25, -0.2) is 0 Å². The maximum absolute atomic E-state index is 11.6. The second kappa shape index (κ2) is 5.26. The summed E-state index contributed by atoms with van der Waals surface area (Å²) in [6, 6.07) is -0.426. The van der Waals surface area contributed by atoms with Gasteiger partial charge in [0.2, 0.25) is 5.91 Å². The number of carbonyl (C=O) groups is 2. The number of Topliss-reactive ketones (excluding diaryl/α,β-unsaturated/α-hetero) is 1. The average Bonchev–Trinajstić information content (AvgIpc) is 2.10. The molecule has 0 saturated carbocycles. The summed E-state index contributed by atoms with van der Waals surface area (Å²) >= 11 is 0. The molecule has 4 nitrogen and oxygen atoms in total. The molecule has 0 aliphatic heterocycles. The van der Waals surface area contributed by atoms with E-state index >= 15 is 0 Å². The molecule has 0 bridgehead atoms. The fourth-order valence-electron chi connectivity index (χ4n) is 1.17. The number of nitrogens with two attached hydrogens (primary N) is 1. The Kier molecular flexibility index (Phi) is 4.94. The molecular weight excluding hydrogens is 192 g/mol. The van der Waals surface area contributed by atoms with Crippen molar-refractivity contribution in [3.8, 4) is 0 Å². The molecule has 4 heteroatoms. The van der Waals surface area contributed by atoms with Crippen LogP contribution in [0.4, 0.5) is 0 Å². The molecule has 0 fully saturated rings. The van der Waals surface area contributed by atoms with E-state index < -0.39 is 11.6 Å². The minimum atomic E-state index is -0.943. The molecule has 15 heavy (non-hydrogen) atoms. The molecule has 0 saturated heterocycles. The first kappa shape index (κ1) is 14.1. The summed E-state index contributed by atoms with van der Waals surface area (Å²) in [5, 5.41) is 2.69. The Labute approximate surface area is 91.6 Å². The molecule has 1 amide bonds. The number of rotatable bonds is 5. The van der Waals surface area contributed by atoms with Crippen molar-refractivity contribution >= 4 is 11.7 Å². The molecule has 0 aromatic rings. The van der Waals surface area contributed by atoms with Gasteiger partial charge in [-0.1, -0.05) is 20.8 Å². The molecule has 88 valence electrons. The third-order valence-electron chi connectivity index (χ3n) is 2.23. The molecule has 0 heterocycles. The minimum absolute atomic E-state index is 0.0441. The number of amides is 1. The van der Waals surface area contributed by atoms with Gasteiger partial charge in [-0.15, -0.1) is 0 Å². The van der Waals surface area contributed by atoms with E-state index in [2.05, 4.69) is 5.32 Å². The van der Waals surface area contributed by atoms with Gasteiger partial charge < -0.3 is 11.1 Å². The quantitative estimate of drug-likeness (QED) is 0.712. The van der Waals surface area contributed by atoms with Crippen molar-refractivity contribution in [1.29, 1.82) is 0 Å². The lowest BCUT2D eigenvalue weighted by molar-refractivity contribution is -0.131. The van der Waals surface area contributed by atoms with Crippen molar-refractivity contribution in [3.05, 3.63) is 0 Å². The van der Waals surface area contributed by atoms with Crippen LogP contribution in [0.1, 0.15) is 41.0 Å². The minimum Gasteiger partial charge on any atom is -0.344 e. The van der Waals surface area contributed by atoms with E-state index in [1.54, 1.807) is 20.8 Å². The normalized spacial score (nSPS) is 13.8. The molecule has 0 aromatic heterocycles. The number of carbonyl (C=O) groups excluding carboxylic acids is 2. The van der Waals surface area contributed by atoms with Crippen LogP contribution in [0.15, 0.2) is 0 Å². The first-order valence-electron chi connectivity index (χ1n) is 5.32.